The number of ether oxygens (including phenoxy) is 1. The van der Waals surface area contributed by atoms with Gasteiger partial charge in [0.15, 0.2) is 5.75 Å². The first-order valence-corrected chi connectivity index (χ1v) is 6.03. The Bertz CT molecular complexity index is 666. The summed E-state index contributed by atoms with van der Waals surface area (Å²) >= 11 is 0. The minimum Gasteiger partial charge on any atom is -0.478 e. The monoisotopic (exact) mass is 270 g/mol. The Morgan fingerprint density at radius 2 is 2.15 bits per heavy atom. The molecule has 0 fully saturated rings. The Kier molecular flexibility index (Phi) is 4.10. The Morgan fingerprint density at radius 1 is 1.35 bits per heavy atom. The number of hydrogen-bond acceptors (Lipinski definition) is 4. The summed E-state index contributed by atoms with van der Waals surface area (Å²) in [5.41, 5.74) is 2.31. The van der Waals surface area contributed by atoms with Crippen molar-refractivity contribution in [2.45, 2.75) is 13.8 Å². The molecule has 0 aliphatic carbocycles. The minimum absolute atomic E-state index is 0.480. The van der Waals surface area contributed by atoms with Gasteiger partial charge in [0.25, 0.3) is 0 Å². The third kappa shape index (κ3) is 3.41. The number of aromatic nitrogens is 2. The van der Waals surface area contributed by atoms with Crippen LogP contribution in [-0.2, 0) is 4.79 Å². The number of carboxylic acids is 1. The number of aryl methyl sites for hydroxylation is 2. The van der Waals surface area contributed by atoms with Crippen LogP contribution in [0, 0.1) is 13.8 Å². The second-order valence-electron chi connectivity index (χ2n) is 4.25. The fourth-order valence-corrected chi connectivity index (χ4v) is 1.63. The standard InChI is InChI=1S/C15H14N2O3/c1-10-8-12(5-6-14(18)19)9-17-15(10)20-13-4-3-7-16-11(13)2/h3-9H,1-2H3,(H,18,19)/b6-5+. The zero-order chi connectivity index (χ0) is 14.5. The summed E-state index contributed by atoms with van der Waals surface area (Å²) in [4.78, 5) is 18.8. The van der Waals surface area contributed by atoms with Crippen LogP contribution in [0.15, 0.2) is 36.7 Å². The van der Waals surface area contributed by atoms with Crippen LogP contribution in [0.2, 0.25) is 0 Å². The molecule has 2 heterocycles. The molecular formula is C15H14N2O3. The number of aliphatic carboxylic acids is 1. The Labute approximate surface area is 116 Å². The molecule has 1 N–H and O–H groups in total. The van der Waals surface area contributed by atoms with Crippen molar-refractivity contribution in [1.82, 2.24) is 9.97 Å². The predicted octanol–water partition coefficient (Wildman–Crippen LogP) is 2.98. The van der Waals surface area contributed by atoms with Crippen molar-refractivity contribution in [3.63, 3.8) is 0 Å². The van der Waals surface area contributed by atoms with E-state index in [0.29, 0.717) is 17.2 Å². The number of rotatable bonds is 4. The lowest BCUT2D eigenvalue weighted by molar-refractivity contribution is -0.131. The van der Waals surface area contributed by atoms with E-state index >= 15 is 0 Å². The molecule has 20 heavy (non-hydrogen) atoms. The molecule has 0 amide bonds. The molecule has 0 unspecified atom stereocenters. The van der Waals surface area contributed by atoms with E-state index in [0.717, 1.165) is 17.3 Å². The molecule has 0 spiro atoms. The molecule has 2 rings (SSSR count). The highest BCUT2D eigenvalue weighted by Gasteiger charge is 2.06. The molecule has 5 nitrogen and oxygen atoms in total. The molecular weight excluding hydrogens is 256 g/mol. The molecule has 2 aromatic rings. The summed E-state index contributed by atoms with van der Waals surface area (Å²) in [6, 6.07) is 5.43. The molecule has 2 aromatic heterocycles. The van der Waals surface area contributed by atoms with Crippen molar-refractivity contribution in [2.75, 3.05) is 0 Å². The van der Waals surface area contributed by atoms with Gasteiger partial charge in [0, 0.05) is 24.0 Å². The number of hydrogen-bond donors (Lipinski definition) is 1. The van der Waals surface area contributed by atoms with Gasteiger partial charge in [0.2, 0.25) is 5.88 Å². The number of nitrogens with zero attached hydrogens (tertiary/aromatic N) is 2. The topological polar surface area (TPSA) is 72.3 Å². The van der Waals surface area contributed by atoms with Crippen molar-refractivity contribution in [3.05, 3.63) is 53.5 Å². The highest BCUT2D eigenvalue weighted by molar-refractivity contribution is 5.85. The van der Waals surface area contributed by atoms with Crippen LogP contribution in [0.25, 0.3) is 6.08 Å². The van der Waals surface area contributed by atoms with Crippen molar-refractivity contribution in [2.24, 2.45) is 0 Å². The Balaban J connectivity index is 2.22. The largest absolute Gasteiger partial charge is 0.478 e. The Hall–Kier alpha value is -2.69. The first-order chi connectivity index (χ1) is 9.56. The summed E-state index contributed by atoms with van der Waals surface area (Å²) in [7, 11) is 0. The third-order valence-corrected chi connectivity index (χ3v) is 2.63. The summed E-state index contributed by atoms with van der Waals surface area (Å²) in [5, 5.41) is 8.59. The van der Waals surface area contributed by atoms with Crippen molar-refractivity contribution < 1.29 is 14.6 Å². The lowest BCUT2D eigenvalue weighted by Gasteiger charge is -2.09. The quantitative estimate of drug-likeness (QED) is 0.865. The normalized spacial score (nSPS) is 10.7. The van der Waals surface area contributed by atoms with E-state index in [9.17, 15) is 4.79 Å². The first-order valence-electron chi connectivity index (χ1n) is 6.03. The lowest BCUT2D eigenvalue weighted by Crippen LogP contribution is -1.95. The van der Waals surface area contributed by atoms with E-state index in [-0.39, 0.29) is 0 Å². The summed E-state index contributed by atoms with van der Waals surface area (Å²) < 4.78 is 5.71. The van der Waals surface area contributed by atoms with Crippen LogP contribution in [0.5, 0.6) is 11.6 Å². The van der Waals surface area contributed by atoms with Crippen LogP contribution in [0.1, 0.15) is 16.8 Å². The SMILES string of the molecule is Cc1cc(/C=C/C(=O)O)cnc1Oc1cccnc1C. The molecule has 0 aliphatic heterocycles. The van der Waals surface area contributed by atoms with E-state index in [1.807, 2.05) is 26.0 Å². The van der Waals surface area contributed by atoms with E-state index in [1.54, 1.807) is 18.5 Å². The number of carboxylic acid groups (broad SMARTS) is 1. The summed E-state index contributed by atoms with van der Waals surface area (Å²) in [6.45, 7) is 3.71. The van der Waals surface area contributed by atoms with Crippen LogP contribution in [0.4, 0.5) is 0 Å². The molecule has 0 atom stereocenters. The van der Waals surface area contributed by atoms with E-state index in [4.69, 9.17) is 9.84 Å². The molecule has 5 heteroatoms. The highest BCUT2D eigenvalue weighted by atomic mass is 16.5. The van der Waals surface area contributed by atoms with Crippen LogP contribution >= 0.6 is 0 Å². The Morgan fingerprint density at radius 3 is 2.80 bits per heavy atom. The van der Waals surface area contributed by atoms with Gasteiger partial charge < -0.3 is 9.84 Å². The first kappa shape index (κ1) is 13.7. The highest BCUT2D eigenvalue weighted by Crippen LogP contribution is 2.25. The lowest BCUT2D eigenvalue weighted by atomic mass is 10.2. The van der Waals surface area contributed by atoms with E-state index in [1.165, 1.54) is 6.08 Å². The van der Waals surface area contributed by atoms with Crippen molar-refractivity contribution in [1.29, 1.82) is 0 Å². The summed E-state index contributed by atoms with van der Waals surface area (Å²) in [5.74, 6) is 0.138. The molecule has 0 aliphatic rings. The smallest absolute Gasteiger partial charge is 0.328 e. The maximum absolute atomic E-state index is 10.5. The van der Waals surface area contributed by atoms with Gasteiger partial charge in [0.1, 0.15) is 0 Å². The molecule has 0 aromatic carbocycles. The van der Waals surface area contributed by atoms with Gasteiger partial charge in [-0.2, -0.15) is 0 Å². The van der Waals surface area contributed by atoms with Gasteiger partial charge in [-0.25, -0.2) is 9.78 Å². The number of pyridine rings is 2. The van der Waals surface area contributed by atoms with Crippen LogP contribution in [-0.4, -0.2) is 21.0 Å². The summed E-state index contributed by atoms with van der Waals surface area (Å²) in [6.07, 6.45) is 5.82. The molecule has 0 saturated carbocycles. The molecule has 102 valence electrons. The van der Waals surface area contributed by atoms with Gasteiger partial charge in [0.05, 0.1) is 5.69 Å². The van der Waals surface area contributed by atoms with E-state index in [2.05, 4.69) is 9.97 Å². The van der Waals surface area contributed by atoms with Crippen LogP contribution in [0.3, 0.4) is 0 Å². The second kappa shape index (κ2) is 5.97. The van der Waals surface area contributed by atoms with Gasteiger partial charge in [-0.1, -0.05) is 0 Å². The molecule has 0 saturated heterocycles. The van der Waals surface area contributed by atoms with Crippen molar-refractivity contribution in [3.8, 4) is 11.6 Å². The average Bonchev–Trinajstić information content (AvgIpc) is 2.41. The van der Waals surface area contributed by atoms with Gasteiger partial charge in [-0.3, -0.25) is 4.98 Å². The minimum atomic E-state index is -0.992. The fourth-order valence-electron chi connectivity index (χ4n) is 1.63. The van der Waals surface area contributed by atoms with Gasteiger partial charge in [-0.15, -0.1) is 0 Å². The second-order valence-corrected chi connectivity index (χ2v) is 4.25. The average molecular weight is 270 g/mol. The maximum atomic E-state index is 10.5. The zero-order valence-corrected chi connectivity index (χ0v) is 11.2. The molecule has 0 bridgehead atoms. The van der Waals surface area contributed by atoms with Gasteiger partial charge in [-0.05, 0) is 43.7 Å². The van der Waals surface area contributed by atoms with E-state index < -0.39 is 5.97 Å². The van der Waals surface area contributed by atoms with Crippen LogP contribution < -0.4 is 4.74 Å². The van der Waals surface area contributed by atoms with Crippen molar-refractivity contribution >= 4 is 12.0 Å². The number of carbonyl (C=O) groups is 1. The third-order valence-electron chi connectivity index (χ3n) is 2.63. The maximum Gasteiger partial charge on any atom is 0.328 e. The molecule has 0 radical (unpaired) electrons. The zero-order valence-electron chi connectivity index (χ0n) is 11.2. The fraction of sp³-hybridized carbons (Fsp3) is 0.133. The predicted molar refractivity (Wildman–Crippen MR) is 74.7 cm³/mol. The van der Waals surface area contributed by atoms with Gasteiger partial charge >= 0.3 is 5.97 Å².